The first-order valence-electron chi connectivity index (χ1n) is 9.66. The van der Waals surface area contributed by atoms with Crippen LogP contribution in [0.25, 0.3) is 11.6 Å². The van der Waals surface area contributed by atoms with Crippen molar-refractivity contribution >= 4 is 17.6 Å². The first kappa shape index (κ1) is 22.4. The van der Waals surface area contributed by atoms with Gasteiger partial charge < -0.3 is 20.1 Å². The Kier molecular flexibility index (Phi) is 8.65. The second kappa shape index (κ2) is 11.2. The lowest BCUT2D eigenvalue weighted by molar-refractivity contribution is -0.157. The van der Waals surface area contributed by atoms with Gasteiger partial charge in [0.1, 0.15) is 5.75 Å². The summed E-state index contributed by atoms with van der Waals surface area (Å²) in [6.45, 7) is 5.45. The highest BCUT2D eigenvalue weighted by atomic mass is 16.5. The maximum atomic E-state index is 11.8. The summed E-state index contributed by atoms with van der Waals surface area (Å²) in [6, 6.07) is 16.6. The number of aromatic hydroxyl groups is 1. The second-order valence-electron chi connectivity index (χ2n) is 6.75. The molecule has 0 aliphatic heterocycles. The lowest BCUT2D eigenvalue weighted by Gasteiger charge is -2.24. The molecule has 0 saturated carbocycles. The van der Waals surface area contributed by atoms with Crippen LogP contribution in [-0.2, 0) is 9.53 Å². The van der Waals surface area contributed by atoms with Gasteiger partial charge in [-0.25, -0.2) is 4.79 Å². The number of benzene rings is 2. The fourth-order valence-electron chi connectivity index (χ4n) is 3.14. The molecule has 2 aromatic rings. The number of carbonyl (C=O) groups is 1. The van der Waals surface area contributed by atoms with Crippen LogP contribution in [0.2, 0.25) is 0 Å². The number of hydrogen-bond donors (Lipinski definition) is 3. The highest BCUT2D eigenvalue weighted by molar-refractivity contribution is 5.81. The van der Waals surface area contributed by atoms with Gasteiger partial charge in [-0.05, 0) is 48.6 Å². The average Bonchev–Trinajstić information content (AvgIpc) is 2.72. The second-order valence-corrected chi connectivity index (χ2v) is 6.75. The van der Waals surface area contributed by atoms with Gasteiger partial charge in [-0.1, -0.05) is 54.6 Å². The molecule has 0 aliphatic rings. The highest BCUT2D eigenvalue weighted by Gasteiger charge is 2.30. The molecule has 5 heteroatoms. The Morgan fingerprint density at radius 2 is 1.86 bits per heavy atom. The maximum absolute atomic E-state index is 11.8. The lowest BCUT2D eigenvalue weighted by atomic mass is 9.89. The van der Waals surface area contributed by atoms with E-state index in [2.05, 4.69) is 6.58 Å². The van der Waals surface area contributed by atoms with Crippen molar-refractivity contribution < 1.29 is 24.9 Å². The molecule has 0 aliphatic carbocycles. The van der Waals surface area contributed by atoms with Gasteiger partial charge in [0, 0.05) is 5.92 Å². The number of aliphatic hydroxyl groups excluding tert-OH is 2. The molecule has 0 radical (unpaired) electrons. The van der Waals surface area contributed by atoms with Gasteiger partial charge in [-0.2, -0.15) is 0 Å². The van der Waals surface area contributed by atoms with E-state index in [1.165, 1.54) is 6.08 Å². The van der Waals surface area contributed by atoms with Gasteiger partial charge in [-0.3, -0.25) is 0 Å². The van der Waals surface area contributed by atoms with Crippen LogP contribution in [0.1, 0.15) is 30.9 Å². The van der Waals surface area contributed by atoms with Crippen LogP contribution in [0, 0.1) is 5.92 Å². The zero-order valence-electron chi connectivity index (χ0n) is 16.6. The van der Waals surface area contributed by atoms with Crippen LogP contribution < -0.4 is 0 Å². The maximum Gasteiger partial charge on any atom is 0.335 e. The predicted octanol–water partition coefficient (Wildman–Crippen LogP) is 3.80. The van der Waals surface area contributed by atoms with E-state index in [4.69, 9.17) is 4.74 Å². The van der Waals surface area contributed by atoms with Gasteiger partial charge in [0.25, 0.3) is 0 Å². The van der Waals surface area contributed by atoms with Gasteiger partial charge in [0.05, 0.1) is 12.7 Å². The van der Waals surface area contributed by atoms with Gasteiger partial charge >= 0.3 is 5.97 Å². The molecular formula is C24H28O5. The van der Waals surface area contributed by atoms with Crippen LogP contribution in [0.3, 0.4) is 0 Å². The summed E-state index contributed by atoms with van der Waals surface area (Å²) in [7, 11) is 0. The molecule has 3 atom stereocenters. The van der Waals surface area contributed by atoms with Crippen LogP contribution in [0.15, 0.2) is 67.3 Å². The minimum absolute atomic E-state index is 0.153. The van der Waals surface area contributed by atoms with E-state index in [0.29, 0.717) is 12.8 Å². The van der Waals surface area contributed by atoms with E-state index in [1.54, 1.807) is 25.1 Å². The van der Waals surface area contributed by atoms with E-state index in [1.807, 2.05) is 42.5 Å². The molecule has 3 N–H and O–H groups in total. The third kappa shape index (κ3) is 6.59. The summed E-state index contributed by atoms with van der Waals surface area (Å²) in [4.78, 5) is 11.8. The highest BCUT2D eigenvalue weighted by Crippen LogP contribution is 2.27. The largest absolute Gasteiger partial charge is 0.508 e. The molecule has 0 bridgehead atoms. The van der Waals surface area contributed by atoms with Crippen molar-refractivity contribution in [1.29, 1.82) is 0 Å². The Labute approximate surface area is 171 Å². The Bertz CT molecular complexity index is 828. The Morgan fingerprint density at radius 3 is 2.48 bits per heavy atom. The molecule has 0 amide bonds. The van der Waals surface area contributed by atoms with Crippen LogP contribution in [0.5, 0.6) is 5.75 Å². The van der Waals surface area contributed by atoms with Crippen molar-refractivity contribution in [3.63, 3.8) is 0 Å². The summed E-state index contributed by atoms with van der Waals surface area (Å²) in [6.07, 6.45) is 1.72. The summed E-state index contributed by atoms with van der Waals surface area (Å²) in [5.41, 5.74) is 2.79. The van der Waals surface area contributed by atoms with Crippen molar-refractivity contribution in [3.05, 3.63) is 78.4 Å². The van der Waals surface area contributed by atoms with E-state index in [9.17, 15) is 20.1 Å². The average molecular weight is 396 g/mol. The summed E-state index contributed by atoms with van der Waals surface area (Å²) in [5.74, 6) is -1.42. The molecule has 154 valence electrons. The minimum atomic E-state index is -1.46. The first-order valence-corrected chi connectivity index (χ1v) is 9.66. The van der Waals surface area contributed by atoms with Crippen molar-refractivity contribution in [2.24, 2.45) is 5.92 Å². The van der Waals surface area contributed by atoms with Crippen LogP contribution in [0.4, 0.5) is 0 Å². The van der Waals surface area contributed by atoms with Crippen molar-refractivity contribution in [1.82, 2.24) is 0 Å². The zero-order chi connectivity index (χ0) is 21.2. The summed E-state index contributed by atoms with van der Waals surface area (Å²) in [5, 5.41) is 30.5. The third-order valence-electron chi connectivity index (χ3n) is 4.67. The molecule has 0 fully saturated rings. The fourth-order valence-corrected chi connectivity index (χ4v) is 3.14. The van der Waals surface area contributed by atoms with E-state index < -0.39 is 24.1 Å². The zero-order valence-corrected chi connectivity index (χ0v) is 16.6. The predicted molar refractivity (Wildman–Crippen MR) is 114 cm³/mol. The van der Waals surface area contributed by atoms with Crippen molar-refractivity contribution in [2.45, 2.75) is 32.0 Å². The summed E-state index contributed by atoms with van der Waals surface area (Å²) < 4.78 is 4.84. The monoisotopic (exact) mass is 396 g/mol. The molecule has 0 saturated heterocycles. The SMILES string of the molecule is C=C[C@H]([C@H](O)CC/C(=C/c1cccc(O)c1)c1ccccc1)[C@H](O)C(=O)OCC. The minimum Gasteiger partial charge on any atom is -0.508 e. The van der Waals surface area contributed by atoms with Crippen molar-refractivity contribution in [3.8, 4) is 5.75 Å². The number of aliphatic hydroxyl groups is 2. The Morgan fingerprint density at radius 1 is 1.14 bits per heavy atom. The normalized spacial score (nSPS) is 14.7. The third-order valence-corrected chi connectivity index (χ3v) is 4.67. The number of phenols is 1. The summed E-state index contributed by atoms with van der Waals surface area (Å²) >= 11 is 0. The number of phenolic OH excluding ortho intramolecular Hbond substituents is 1. The topological polar surface area (TPSA) is 87.0 Å². The van der Waals surface area contributed by atoms with Crippen LogP contribution >= 0.6 is 0 Å². The molecule has 0 aromatic heterocycles. The molecule has 2 rings (SSSR count). The first-order chi connectivity index (χ1) is 14.0. The van der Waals surface area contributed by atoms with Gasteiger partial charge in [0.15, 0.2) is 6.10 Å². The number of allylic oxidation sites excluding steroid dienone is 1. The number of rotatable bonds is 10. The van der Waals surface area contributed by atoms with Crippen molar-refractivity contribution in [2.75, 3.05) is 6.61 Å². The van der Waals surface area contributed by atoms with Crippen LogP contribution in [-0.4, -0.2) is 40.1 Å². The molecule has 0 heterocycles. The Balaban J connectivity index is 2.19. The number of carbonyl (C=O) groups excluding carboxylic acids is 1. The Hall–Kier alpha value is -2.89. The standard InChI is InChI=1S/C24H28O5/c1-3-21(23(27)24(28)29-4-2)22(26)14-13-19(18-10-6-5-7-11-18)15-17-9-8-12-20(25)16-17/h3,5-12,15-16,21-23,25-27H,1,4,13-14H2,2H3/b19-15-/t21-,22-,23+/m1/s1. The molecular weight excluding hydrogens is 368 g/mol. The molecule has 0 spiro atoms. The molecule has 0 unspecified atom stereocenters. The lowest BCUT2D eigenvalue weighted by Crippen LogP contribution is -2.37. The van der Waals surface area contributed by atoms with E-state index in [-0.39, 0.29) is 12.4 Å². The smallest absolute Gasteiger partial charge is 0.335 e. The number of hydrogen-bond acceptors (Lipinski definition) is 5. The van der Waals surface area contributed by atoms with E-state index >= 15 is 0 Å². The van der Waals surface area contributed by atoms with Gasteiger partial charge in [0.2, 0.25) is 0 Å². The van der Waals surface area contributed by atoms with E-state index in [0.717, 1.165) is 16.7 Å². The number of esters is 1. The molecule has 2 aromatic carbocycles. The molecule has 29 heavy (non-hydrogen) atoms. The quantitative estimate of drug-likeness (QED) is 0.323. The number of ether oxygens (including phenoxy) is 1. The molecule has 5 nitrogen and oxygen atoms in total. The van der Waals surface area contributed by atoms with Gasteiger partial charge in [-0.15, -0.1) is 6.58 Å². The fraction of sp³-hybridized carbons (Fsp3) is 0.292.